The van der Waals surface area contributed by atoms with Crippen LogP contribution in [0, 0.1) is 0 Å². The fourth-order valence-corrected chi connectivity index (χ4v) is 3.83. The van der Waals surface area contributed by atoms with Crippen molar-refractivity contribution in [3.8, 4) is 0 Å². The maximum Gasteiger partial charge on any atom is 0.0247 e. The molecule has 0 saturated carbocycles. The molecule has 2 nitrogen and oxygen atoms in total. The lowest BCUT2D eigenvalue weighted by Crippen LogP contribution is -2.46. The first-order valence-corrected chi connectivity index (χ1v) is 6.79. The topological polar surface area (TPSA) is 29.3 Å². The van der Waals surface area contributed by atoms with Gasteiger partial charge in [0.15, 0.2) is 0 Å². The molecule has 0 aliphatic carbocycles. The molecular formula is C12H18N2S. The number of hydrogen-bond acceptors (Lipinski definition) is 3. The fourth-order valence-electron chi connectivity index (χ4n) is 3.17. The highest BCUT2D eigenvalue weighted by atomic mass is 32.1. The Morgan fingerprint density at radius 1 is 1.33 bits per heavy atom. The molecule has 2 aliphatic heterocycles. The maximum absolute atomic E-state index is 6.07. The van der Waals surface area contributed by atoms with Crippen molar-refractivity contribution >= 4 is 11.3 Å². The number of thiophene rings is 1. The van der Waals surface area contributed by atoms with E-state index < -0.39 is 0 Å². The number of piperidine rings is 1. The van der Waals surface area contributed by atoms with Gasteiger partial charge in [-0.3, -0.25) is 4.90 Å². The van der Waals surface area contributed by atoms with Gasteiger partial charge in [0.05, 0.1) is 0 Å². The Morgan fingerprint density at radius 2 is 2.07 bits per heavy atom. The van der Waals surface area contributed by atoms with E-state index in [9.17, 15) is 0 Å². The van der Waals surface area contributed by atoms with Crippen LogP contribution >= 0.6 is 11.3 Å². The van der Waals surface area contributed by atoms with Gasteiger partial charge < -0.3 is 5.73 Å². The fraction of sp³-hybridized carbons (Fsp3) is 0.667. The Labute approximate surface area is 95.1 Å². The lowest BCUT2D eigenvalue weighted by molar-refractivity contribution is 0.120. The van der Waals surface area contributed by atoms with E-state index in [1.165, 1.54) is 31.2 Å². The lowest BCUT2D eigenvalue weighted by atomic mass is 9.98. The van der Waals surface area contributed by atoms with Crippen molar-refractivity contribution in [3.05, 3.63) is 22.4 Å². The number of rotatable bonds is 2. The molecule has 3 heterocycles. The van der Waals surface area contributed by atoms with E-state index in [2.05, 4.69) is 21.7 Å². The van der Waals surface area contributed by atoms with E-state index >= 15 is 0 Å². The second kappa shape index (κ2) is 3.89. The molecule has 2 fully saturated rings. The summed E-state index contributed by atoms with van der Waals surface area (Å²) in [6.45, 7) is 1.14. The Morgan fingerprint density at radius 3 is 2.67 bits per heavy atom. The van der Waals surface area contributed by atoms with Gasteiger partial charge in [0.25, 0.3) is 0 Å². The SMILES string of the molecule is NC1CC2CCC(C1)N2Cc1ccsc1. The summed E-state index contributed by atoms with van der Waals surface area (Å²) in [5.41, 5.74) is 7.55. The van der Waals surface area contributed by atoms with Gasteiger partial charge in [0, 0.05) is 24.7 Å². The first-order valence-electron chi connectivity index (χ1n) is 5.85. The zero-order chi connectivity index (χ0) is 10.3. The molecule has 82 valence electrons. The van der Waals surface area contributed by atoms with Crippen molar-refractivity contribution in [2.24, 2.45) is 5.73 Å². The number of nitrogens with zero attached hydrogens (tertiary/aromatic N) is 1. The minimum Gasteiger partial charge on any atom is -0.328 e. The zero-order valence-corrected chi connectivity index (χ0v) is 9.75. The van der Waals surface area contributed by atoms with E-state index in [0.717, 1.165) is 18.6 Å². The van der Waals surface area contributed by atoms with Crippen LogP contribution in [-0.4, -0.2) is 23.0 Å². The van der Waals surface area contributed by atoms with Crippen molar-refractivity contribution in [2.45, 2.75) is 50.4 Å². The molecule has 2 aliphatic rings. The van der Waals surface area contributed by atoms with Gasteiger partial charge in [-0.1, -0.05) is 0 Å². The molecule has 3 rings (SSSR count). The highest BCUT2D eigenvalue weighted by Gasteiger charge is 2.39. The number of fused-ring (bicyclic) bond motifs is 2. The van der Waals surface area contributed by atoms with Gasteiger partial charge >= 0.3 is 0 Å². The molecule has 2 unspecified atom stereocenters. The standard InChI is InChI=1S/C12H18N2S/c13-10-5-11-1-2-12(6-10)14(11)7-9-3-4-15-8-9/h3-4,8,10-12H,1-2,5-7,13H2. The molecule has 0 spiro atoms. The molecule has 3 heteroatoms. The first kappa shape index (κ1) is 9.82. The summed E-state index contributed by atoms with van der Waals surface area (Å²) in [6, 6.07) is 4.23. The van der Waals surface area contributed by atoms with Crippen LogP contribution in [0.25, 0.3) is 0 Å². The second-order valence-electron chi connectivity index (χ2n) is 4.92. The van der Waals surface area contributed by atoms with Crippen LogP contribution in [0.1, 0.15) is 31.2 Å². The van der Waals surface area contributed by atoms with Crippen molar-refractivity contribution in [1.82, 2.24) is 4.90 Å². The van der Waals surface area contributed by atoms with E-state index in [-0.39, 0.29) is 0 Å². The minimum atomic E-state index is 0.459. The molecule has 2 saturated heterocycles. The third-order valence-electron chi connectivity index (χ3n) is 3.87. The van der Waals surface area contributed by atoms with Crippen LogP contribution in [0.4, 0.5) is 0 Å². The summed E-state index contributed by atoms with van der Waals surface area (Å²) in [7, 11) is 0. The molecular weight excluding hydrogens is 204 g/mol. The van der Waals surface area contributed by atoms with Crippen molar-refractivity contribution in [2.75, 3.05) is 0 Å². The number of hydrogen-bond donors (Lipinski definition) is 1. The highest BCUT2D eigenvalue weighted by Crippen LogP contribution is 2.36. The van der Waals surface area contributed by atoms with Gasteiger partial charge in [-0.15, -0.1) is 0 Å². The van der Waals surface area contributed by atoms with Crippen molar-refractivity contribution in [3.63, 3.8) is 0 Å². The van der Waals surface area contributed by atoms with Crippen LogP contribution in [0.3, 0.4) is 0 Å². The highest BCUT2D eigenvalue weighted by molar-refractivity contribution is 7.07. The molecule has 2 bridgehead atoms. The van der Waals surface area contributed by atoms with Crippen LogP contribution in [0.15, 0.2) is 16.8 Å². The molecule has 1 aromatic heterocycles. The van der Waals surface area contributed by atoms with Crippen molar-refractivity contribution < 1.29 is 0 Å². The predicted octanol–water partition coefficient (Wildman–Crippen LogP) is 2.20. The molecule has 2 atom stereocenters. The summed E-state index contributed by atoms with van der Waals surface area (Å²) in [6.07, 6.45) is 5.15. The third kappa shape index (κ3) is 1.84. The average molecular weight is 222 g/mol. The summed E-state index contributed by atoms with van der Waals surface area (Å²) < 4.78 is 0. The monoisotopic (exact) mass is 222 g/mol. The van der Waals surface area contributed by atoms with Crippen LogP contribution in [-0.2, 0) is 6.54 Å². The van der Waals surface area contributed by atoms with Gasteiger partial charge in [-0.2, -0.15) is 11.3 Å². The molecule has 1 aromatic rings. The third-order valence-corrected chi connectivity index (χ3v) is 4.60. The van der Waals surface area contributed by atoms with E-state index in [1.807, 2.05) is 0 Å². The predicted molar refractivity (Wildman–Crippen MR) is 63.9 cm³/mol. The molecule has 0 radical (unpaired) electrons. The normalized spacial score (nSPS) is 35.9. The minimum absolute atomic E-state index is 0.459. The summed E-state index contributed by atoms with van der Waals surface area (Å²) in [5.74, 6) is 0. The Bertz CT molecular complexity index is 308. The van der Waals surface area contributed by atoms with Crippen molar-refractivity contribution in [1.29, 1.82) is 0 Å². The van der Waals surface area contributed by atoms with Crippen LogP contribution < -0.4 is 5.73 Å². The van der Waals surface area contributed by atoms with E-state index in [0.29, 0.717) is 6.04 Å². The van der Waals surface area contributed by atoms with Gasteiger partial charge in [0.2, 0.25) is 0 Å². The first-order chi connectivity index (χ1) is 7.33. The number of nitrogens with two attached hydrogens (primary N) is 1. The van der Waals surface area contributed by atoms with E-state index in [1.54, 1.807) is 11.3 Å². The van der Waals surface area contributed by atoms with Crippen LogP contribution in [0.5, 0.6) is 0 Å². The Kier molecular flexibility index (Phi) is 2.54. The maximum atomic E-state index is 6.07. The van der Waals surface area contributed by atoms with Gasteiger partial charge in [0.1, 0.15) is 0 Å². The van der Waals surface area contributed by atoms with E-state index in [4.69, 9.17) is 5.73 Å². The average Bonchev–Trinajstić information content (AvgIpc) is 2.77. The van der Waals surface area contributed by atoms with Gasteiger partial charge in [-0.25, -0.2) is 0 Å². The summed E-state index contributed by atoms with van der Waals surface area (Å²) in [5, 5.41) is 4.45. The Balaban J connectivity index is 1.72. The molecule has 0 amide bonds. The summed E-state index contributed by atoms with van der Waals surface area (Å²) >= 11 is 1.80. The Hall–Kier alpha value is -0.380. The molecule has 0 aromatic carbocycles. The quantitative estimate of drug-likeness (QED) is 0.831. The van der Waals surface area contributed by atoms with Gasteiger partial charge in [-0.05, 0) is 48.1 Å². The summed E-state index contributed by atoms with van der Waals surface area (Å²) in [4.78, 5) is 2.69. The molecule has 2 N–H and O–H groups in total. The second-order valence-corrected chi connectivity index (χ2v) is 5.70. The smallest absolute Gasteiger partial charge is 0.0247 e. The largest absolute Gasteiger partial charge is 0.328 e. The molecule has 15 heavy (non-hydrogen) atoms. The lowest BCUT2D eigenvalue weighted by Gasteiger charge is -2.37. The van der Waals surface area contributed by atoms with Crippen LogP contribution in [0.2, 0.25) is 0 Å². The zero-order valence-electron chi connectivity index (χ0n) is 8.93.